The second-order valence-electron chi connectivity index (χ2n) is 6.46. The minimum Gasteiger partial charge on any atom is -0.243 e. The van der Waals surface area contributed by atoms with E-state index >= 15 is 0 Å². The van der Waals surface area contributed by atoms with Gasteiger partial charge in [0.2, 0.25) is 10.0 Å². The Morgan fingerprint density at radius 2 is 1.52 bits per heavy atom. The lowest BCUT2D eigenvalue weighted by Crippen LogP contribution is -2.32. The Bertz CT molecular complexity index is 1210. The van der Waals surface area contributed by atoms with Gasteiger partial charge in [-0.1, -0.05) is 64.5 Å². The lowest BCUT2D eigenvalue weighted by molar-refractivity contribution is 0.416. The van der Waals surface area contributed by atoms with Crippen molar-refractivity contribution in [3.05, 3.63) is 88.5 Å². The first-order valence-corrected chi connectivity index (χ1v) is 12.7. The van der Waals surface area contributed by atoms with Gasteiger partial charge in [0.25, 0.3) is 0 Å². The van der Waals surface area contributed by atoms with Crippen LogP contribution in [-0.2, 0) is 19.9 Å². The van der Waals surface area contributed by atoms with Crippen molar-refractivity contribution in [2.75, 3.05) is 13.3 Å². The number of aromatic nitrogens is 1. The summed E-state index contributed by atoms with van der Waals surface area (Å²) in [6, 6.07) is 18.6. The summed E-state index contributed by atoms with van der Waals surface area (Å²) in [5.41, 5.74) is 1.58. The summed E-state index contributed by atoms with van der Waals surface area (Å²) in [5.74, 6) is 0. The molecule has 1 unspecified atom stereocenters. The molecule has 0 aliphatic rings. The molecule has 1 heterocycles. The molecule has 0 N–H and O–H groups in total. The minimum atomic E-state index is -3.96. The van der Waals surface area contributed by atoms with Crippen LogP contribution in [0.3, 0.4) is 0 Å². The van der Waals surface area contributed by atoms with E-state index in [1.165, 1.54) is 23.5 Å². The maximum Gasteiger partial charge on any atom is 0.245 e. The number of pyridine rings is 1. The first kappa shape index (κ1) is 21.6. The van der Waals surface area contributed by atoms with Gasteiger partial charge in [-0.2, -0.15) is 4.31 Å². The van der Waals surface area contributed by atoms with E-state index in [-0.39, 0.29) is 9.92 Å². The molecule has 2 aromatic carbocycles. The van der Waals surface area contributed by atoms with Gasteiger partial charge in [0.1, 0.15) is 4.90 Å². The first-order chi connectivity index (χ1) is 13.6. The maximum absolute atomic E-state index is 13.3. The fourth-order valence-corrected chi connectivity index (χ4v) is 5.29. The third kappa shape index (κ3) is 4.58. The van der Waals surface area contributed by atoms with Gasteiger partial charge in [0.15, 0.2) is 14.9 Å². The minimum absolute atomic E-state index is 0.0830. The molecule has 3 aromatic rings. The van der Waals surface area contributed by atoms with Crippen molar-refractivity contribution in [2.45, 2.75) is 16.0 Å². The number of rotatable bonds is 6. The smallest absolute Gasteiger partial charge is 0.243 e. The van der Waals surface area contributed by atoms with Gasteiger partial charge in [-0.05, 0) is 29.3 Å². The average molecular weight is 495 g/mol. The van der Waals surface area contributed by atoms with E-state index in [2.05, 4.69) is 20.9 Å². The summed E-state index contributed by atoms with van der Waals surface area (Å²) in [7, 11) is -5.98. The Morgan fingerprint density at radius 3 is 2.07 bits per heavy atom. The zero-order valence-electron chi connectivity index (χ0n) is 15.7. The Balaban J connectivity index is 2.10. The second-order valence-corrected chi connectivity index (χ2v) is 11.3. The van der Waals surface area contributed by atoms with Crippen molar-refractivity contribution in [1.29, 1.82) is 0 Å². The van der Waals surface area contributed by atoms with E-state index in [1.54, 1.807) is 0 Å². The van der Waals surface area contributed by atoms with Gasteiger partial charge in [0.05, 0.1) is 6.04 Å². The number of nitrogens with zero attached hydrogens (tertiary/aromatic N) is 2. The van der Waals surface area contributed by atoms with Crippen molar-refractivity contribution in [3.8, 4) is 0 Å². The summed E-state index contributed by atoms with van der Waals surface area (Å²) < 4.78 is 51.9. The van der Waals surface area contributed by atoms with E-state index in [0.29, 0.717) is 0 Å². The Labute approximate surface area is 179 Å². The van der Waals surface area contributed by atoms with Crippen LogP contribution >= 0.6 is 15.9 Å². The van der Waals surface area contributed by atoms with E-state index in [9.17, 15) is 16.8 Å². The van der Waals surface area contributed by atoms with Crippen LogP contribution in [-0.4, -0.2) is 39.4 Å². The number of hydrogen-bond donors (Lipinski definition) is 0. The highest BCUT2D eigenvalue weighted by Crippen LogP contribution is 2.35. The fraction of sp³-hybridized carbons (Fsp3) is 0.150. The van der Waals surface area contributed by atoms with Crippen LogP contribution in [0.15, 0.2) is 87.3 Å². The van der Waals surface area contributed by atoms with Gasteiger partial charge in [-0.15, -0.1) is 0 Å². The summed E-state index contributed by atoms with van der Waals surface area (Å²) in [6.07, 6.45) is 2.10. The zero-order chi connectivity index (χ0) is 21.2. The van der Waals surface area contributed by atoms with E-state index in [4.69, 9.17) is 0 Å². The van der Waals surface area contributed by atoms with Gasteiger partial charge in [-0.3, -0.25) is 0 Å². The average Bonchev–Trinajstić information content (AvgIpc) is 2.70. The molecule has 6 nitrogen and oxygen atoms in total. The first-order valence-electron chi connectivity index (χ1n) is 8.56. The fourth-order valence-electron chi connectivity index (χ4n) is 2.96. The maximum atomic E-state index is 13.3. The molecule has 1 aromatic heterocycles. The molecule has 152 valence electrons. The number of hydrogen-bond acceptors (Lipinski definition) is 5. The molecule has 3 rings (SSSR count). The summed E-state index contributed by atoms with van der Waals surface area (Å²) >= 11 is 3.52. The highest BCUT2D eigenvalue weighted by Gasteiger charge is 2.31. The molecule has 1 atom stereocenters. The summed E-state index contributed by atoms with van der Waals surface area (Å²) in [6.45, 7) is 0. The van der Waals surface area contributed by atoms with Crippen LogP contribution in [0.5, 0.6) is 0 Å². The molecule has 0 saturated heterocycles. The summed E-state index contributed by atoms with van der Waals surface area (Å²) in [5, 5.41) is -0.176. The zero-order valence-corrected chi connectivity index (χ0v) is 18.9. The molecule has 9 heteroatoms. The predicted octanol–water partition coefficient (Wildman–Crippen LogP) is 3.66. The highest BCUT2D eigenvalue weighted by molar-refractivity contribution is 9.10. The molecule has 0 radical (unpaired) electrons. The molecule has 0 bridgehead atoms. The molecule has 0 aliphatic heterocycles. The third-order valence-corrected chi connectivity index (χ3v) is 7.97. The molecule has 0 saturated carbocycles. The van der Waals surface area contributed by atoms with Gasteiger partial charge in [0, 0.05) is 24.0 Å². The van der Waals surface area contributed by atoms with E-state index in [0.717, 1.165) is 28.1 Å². The lowest BCUT2D eigenvalue weighted by Gasteiger charge is -2.29. The van der Waals surface area contributed by atoms with Crippen molar-refractivity contribution in [1.82, 2.24) is 9.29 Å². The standard InChI is InChI=1S/C20H19BrN2O4S2/c1-23(29(26,27)16-12-13-19(22-14-16)28(2,24)25)20(15-8-4-3-5-9-15)17-10-6-7-11-18(17)21/h3-14,20H,1-2H3. The number of halogens is 1. The van der Waals surface area contributed by atoms with Crippen LogP contribution in [0.1, 0.15) is 17.2 Å². The monoisotopic (exact) mass is 494 g/mol. The SMILES string of the molecule is CN(C(c1ccccc1)c1ccccc1Br)S(=O)(=O)c1ccc(S(C)(=O)=O)nc1. The van der Waals surface area contributed by atoms with Crippen LogP contribution in [0.25, 0.3) is 0 Å². The van der Waals surface area contributed by atoms with Gasteiger partial charge >= 0.3 is 0 Å². The van der Waals surface area contributed by atoms with E-state index < -0.39 is 25.9 Å². The molecule has 29 heavy (non-hydrogen) atoms. The molecule has 0 spiro atoms. The molecule has 0 aliphatic carbocycles. The van der Waals surface area contributed by atoms with Crippen LogP contribution in [0.2, 0.25) is 0 Å². The summed E-state index contributed by atoms with van der Waals surface area (Å²) in [4.78, 5) is 3.73. The highest BCUT2D eigenvalue weighted by atomic mass is 79.9. The number of benzene rings is 2. The Kier molecular flexibility index (Phi) is 6.23. The van der Waals surface area contributed by atoms with Crippen LogP contribution < -0.4 is 0 Å². The van der Waals surface area contributed by atoms with E-state index in [1.807, 2.05) is 54.6 Å². The van der Waals surface area contributed by atoms with Crippen LogP contribution in [0.4, 0.5) is 0 Å². The van der Waals surface area contributed by atoms with Gasteiger partial charge < -0.3 is 0 Å². The topological polar surface area (TPSA) is 84.4 Å². The lowest BCUT2D eigenvalue weighted by atomic mass is 9.99. The van der Waals surface area contributed by atoms with Crippen molar-refractivity contribution in [3.63, 3.8) is 0 Å². The molecule has 0 amide bonds. The molecular weight excluding hydrogens is 476 g/mol. The van der Waals surface area contributed by atoms with Gasteiger partial charge in [-0.25, -0.2) is 21.8 Å². The number of sulfonamides is 1. The third-order valence-electron chi connectivity index (χ3n) is 4.44. The normalized spacial score (nSPS) is 13.4. The second kappa shape index (κ2) is 8.35. The predicted molar refractivity (Wildman–Crippen MR) is 115 cm³/mol. The molecular formula is C20H19BrN2O4S2. The Morgan fingerprint density at radius 1 is 0.897 bits per heavy atom. The van der Waals surface area contributed by atoms with Crippen molar-refractivity contribution in [2.24, 2.45) is 0 Å². The quantitative estimate of drug-likeness (QED) is 0.521. The largest absolute Gasteiger partial charge is 0.245 e. The van der Waals surface area contributed by atoms with Crippen molar-refractivity contribution < 1.29 is 16.8 Å². The number of sulfone groups is 1. The van der Waals surface area contributed by atoms with Crippen LogP contribution in [0, 0.1) is 0 Å². The Hall–Kier alpha value is -2.07. The van der Waals surface area contributed by atoms with Crippen molar-refractivity contribution >= 4 is 35.8 Å². The molecule has 0 fully saturated rings.